The zero-order valence-corrected chi connectivity index (χ0v) is 19.4. The summed E-state index contributed by atoms with van der Waals surface area (Å²) in [5, 5.41) is 0. The third-order valence-corrected chi connectivity index (χ3v) is 7.01. The summed E-state index contributed by atoms with van der Waals surface area (Å²) in [6.45, 7) is 1.03. The minimum atomic E-state index is 0.171. The maximum absolute atomic E-state index is 13.8. The standard InChI is InChI=1S/C27H31N5O/c1-31(2)27-29-16-22(23-14-8-9-15-28-23)24(30-27)18-32(17-19-10-4-3-5-11-19)26(33)25-20-12-6-7-13-21(20)25/h3-5,8-11,14-16,20-21,25H,6-7,12-13,17-18H2,1-2H3. The van der Waals surface area contributed by atoms with Gasteiger partial charge in [0.2, 0.25) is 11.9 Å². The van der Waals surface area contributed by atoms with E-state index in [4.69, 9.17) is 4.98 Å². The predicted molar refractivity (Wildman–Crippen MR) is 129 cm³/mol. The van der Waals surface area contributed by atoms with E-state index < -0.39 is 0 Å². The Balaban J connectivity index is 1.49. The van der Waals surface area contributed by atoms with E-state index in [1.807, 2.05) is 66.5 Å². The number of nitrogens with zero attached hydrogens (tertiary/aromatic N) is 5. The molecule has 2 heterocycles. The Hall–Kier alpha value is -3.28. The smallest absolute Gasteiger partial charge is 0.226 e. The van der Waals surface area contributed by atoms with Gasteiger partial charge in [0.05, 0.1) is 17.9 Å². The fourth-order valence-electron chi connectivity index (χ4n) is 5.24. The molecular formula is C27H31N5O. The van der Waals surface area contributed by atoms with Crippen molar-refractivity contribution in [2.24, 2.45) is 17.8 Å². The maximum atomic E-state index is 13.8. The van der Waals surface area contributed by atoms with Crippen LogP contribution in [0.1, 0.15) is 36.9 Å². The second-order valence-corrected chi connectivity index (χ2v) is 9.46. The molecule has 2 aliphatic rings. The molecule has 2 unspecified atom stereocenters. The second-order valence-electron chi connectivity index (χ2n) is 9.46. The molecule has 2 atom stereocenters. The topological polar surface area (TPSA) is 62.2 Å². The van der Waals surface area contributed by atoms with E-state index in [0.717, 1.165) is 22.5 Å². The number of hydrogen-bond acceptors (Lipinski definition) is 5. The second kappa shape index (κ2) is 9.30. The van der Waals surface area contributed by atoms with E-state index in [-0.39, 0.29) is 11.8 Å². The molecule has 2 saturated carbocycles. The van der Waals surface area contributed by atoms with Crippen molar-refractivity contribution in [3.8, 4) is 11.3 Å². The first-order valence-electron chi connectivity index (χ1n) is 11.9. The van der Waals surface area contributed by atoms with Crippen LogP contribution in [-0.2, 0) is 17.9 Å². The highest BCUT2D eigenvalue weighted by molar-refractivity contribution is 5.82. The van der Waals surface area contributed by atoms with Crippen LogP contribution in [0.3, 0.4) is 0 Å². The van der Waals surface area contributed by atoms with Gasteiger partial charge in [0.25, 0.3) is 0 Å². The Morgan fingerprint density at radius 3 is 2.33 bits per heavy atom. The monoisotopic (exact) mass is 441 g/mol. The molecule has 1 aromatic carbocycles. The van der Waals surface area contributed by atoms with Crippen LogP contribution in [0, 0.1) is 17.8 Å². The molecule has 2 fully saturated rings. The molecule has 0 radical (unpaired) electrons. The lowest BCUT2D eigenvalue weighted by Gasteiger charge is -2.25. The van der Waals surface area contributed by atoms with Gasteiger partial charge in [-0.05, 0) is 42.4 Å². The number of pyridine rings is 1. The third-order valence-electron chi connectivity index (χ3n) is 7.01. The van der Waals surface area contributed by atoms with Crippen LogP contribution in [0.2, 0.25) is 0 Å². The highest BCUT2D eigenvalue weighted by atomic mass is 16.2. The molecule has 170 valence electrons. The van der Waals surface area contributed by atoms with Gasteiger partial charge in [-0.3, -0.25) is 9.78 Å². The normalized spacial score (nSPS) is 21.2. The predicted octanol–water partition coefficient (Wildman–Crippen LogP) is 4.57. The van der Waals surface area contributed by atoms with E-state index in [1.165, 1.54) is 25.7 Å². The van der Waals surface area contributed by atoms with Crippen LogP contribution in [0.25, 0.3) is 11.3 Å². The molecule has 2 aliphatic carbocycles. The van der Waals surface area contributed by atoms with E-state index in [0.29, 0.717) is 30.9 Å². The Kier molecular flexibility index (Phi) is 6.07. The fourth-order valence-corrected chi connectivity index (χ4v) is 5.24. The summed E-state index contributed by atoms with van der Waals surface area (Å²) < 4.78 is 0. The number of amides is 1. The summed E-state index contributed by atoms with van der Waals surface area (Å²) in [7, 11) is 3.86. The molecule has 2 aromatic heterocycles. The van der Waals surface area contributed by atoms with Crippen LogP contribution in [0.5, 0.6) is 0 Å². The van der Waals surface area contributed by atoms with Crippen LogP contribution < -0.4 is 4.90 Å². The summed E-state index contributed by atoms with van der Waals surface area (Å²) in [4.78, 5) is 31.6. The number of aromatic nitrogens is 3. The Morgan fingerprint density at radius 2 is 1.67 bits per heavy atom. The van der Waals surface area contributed by atoms with E-state index in [9.17, 15) is 4.79 Å². The minimum Gasteiger partial charge on any atom is -0.347 e. The summed E-state index contributed by atoms with van der Waals surface area (Å²) in [6, 6.07) is 16.1. The molecule has 0 saturated heterocycles. The first-order valence-corrected chi connectivity index (χ1v) is 11.9. The Labute approximate surface area is 195 Å². The van der Waals surface area contributed by atoms with Crippen molar-refractivity contribution < 1.29 is 4.79 Å². The average molecular weight is 442 g/mol. The third kappa shape index (κ3) is 4.61. The number of rotatable bonds is 7. The molecule has 3 aromatic rings. The largest absolute Gasteiger partial charge is 0.347 e. The Morgan fingerprint density at radius 1 is 0.939 bits per heavy atom. The van der Waals surface area contributed by atoms with Crippen molar-refractivity contribution in [2.75, 3.05) is 19.0 Å². The fraction of sp³-hybridized carbons (Fsp3) is 0.407. The lowest BCUT2D eigenvalue weighted by molar-refractivity contribution is -0.134. The summed E-state index contributed by atoms with van der Waals surface area (Å²) in [6.07, 6.45) is 8.51. The molecule has 0 N–H and O–H groups in total. The number of carbonyl (C=O) groups is 1. The van der Waals surface area contributed by atoms with Gasteiger partial charge >= 0.3 is 0 Å². The van der Waals surface area contributed by atoms with Gasteiger partial charge in [-0.15, -0.1) is 0 Å². The quantitative estimate of drug-likeness (QED) is 0.537. The van der Waals surface area contributed by atoms with Gasteiger partial charge < -0.3 is 9.80 Å². The van der Waals surface area contributed by atoms with Gasteiger partial charge in [-0.25, -0.2) is 9.97 Å². The van der Waals surface area contributed by atoms with Crippen molar-refractivity contribution in [1.29, 1.82) is 0 Å². The molecular weight excluding hydrogens is 410 g/mol. The molecule has 0 spiro atoms. The van der Waals surface area contributed by atoms with Crippen LogP contribution in [0.15, 0.2) is 60.9 Å². The highest BCUT2D eigenvalue weighted by Crippen LogP contribution is 2.56. The zero-order chi connectivity index (χ0) is 22.8. The molecule has 6 nitrogen and oxygen atoms in total. The maximum Gasteiger partial charge on any atom is 0.226 e. The van der Waals surface area contributed by atoms with Crippen molar-refractivity contribution in [3.05, 3.63) is 72.2 Å². The van der Waals surface area contributed by atoms with Crippen LogP contribution >= 0.6 is 0 Å². The van der Waals surface area contributed by atoms with Crippen molar-refractivity contribution >= 4 is 11.9 Å². The van der Waals surface area contributed by atoms with Gasteiger partial charge in [-0.1, -0.05) is 49.2 Å². The van der Waals surface area contributed by atoms with Crippen molar-refractivity contribution in [2.45, 2.75) is 38.8 Å². The number of hydrogen-bond donors (Lipinski definition) is 0. The Bertz CT molecular complexity index is 1090. The SMILES string of the molecule is CN(C)c1ncc(-c2ccccn2)c(CN(Cc2ccccc2)C(=O)C2C3CCCCC32)n1. The summed E-state index contributed by atoms with van der Waals surface area (Å²) in [5.74, 6) is 2.22. The van der Waals surface area contributed by atoms with Gasteiger partial charge in [0.15, 0.2) is 0 Å². The lowest BCUT2D eigenvalue weighted by Crippen LogP contribution is -2.33. The van der Waals surface area contributed by atoms with Crippen LogP contribution in [0.4, 0.5) is 5.95 Å². The summed E-state index contributed by atoms with van der Waals surface area (Å²) in [5.41, 5.74) is 3.67. The first kappa shape index (κ1) is 21.6. The lowest BCUT2D eigenvalue weighted by atomic mass is 10.0. The van der Waals surface area contributed by atoms with Gasteiger partial charge in [0.1, 0.15) is 0 Å². The van der Waals surface area contributed by atoms with Crippen LogP contribution in [-0.4, -0.2) is 39.9 Å². The summed E-state index contributed by atoms with van der Waals surface area (Å²) >= 11 is 0. The highest BCUT2D eigenvalue weighted by Gasteiger charge is 2.55. The van der Waals surface area contributed by atoms with E-state index in [1.54, 1.807) is 6.20 Å². The van der Waals surface area contributed by atoms with E-state index >= 15 is 0 Å². The molecule has 6 heteroatoms. The zero-order valence-electron chi connectivity index (χ0n) is 19.4. The van der Waals surface area contributed by atoms with E-state index in [2.05, 4.69) is 22.1 Å². The molecule has 1 amide bonds. The molecule has 5 rings (SSSR count). The number of carbonyl (C=O) groups excluding carboxylic acids is 1. The van der Waals surface area contributed by atoms with Crippen molar-refractivity contribution in [1.82, 2.24) is 19.9 Å². The van der Waals surface area contributed by atoms with Gasteiger partial charge in [0, 0.05) is 44.5 Å². The van der Waals surface area contributed by atoms with Gasteiger partial charge in [-0.2, -0.15) is 0 Å². The molecule has 33 heavy (non-hydrogen) atoms. The number of benzene rings is 1. The number of anilines is 1. The molecule has 0 aliphatic heterocycles. The minimum absolute atomic E-state index is 0.171. The number of fused-ring (bicyclic) bond motifs is 1. The molecule has 0 bridgehead atoms. The first-order chi connectivity index (χ1) is 16.1. The average Bonchev–Trinajstić information content (AvgIpc) is 3.59. The van der Waals surface area contributed by atoms with Crippen molar-refractivity contribution in [3.63, 3.8) is 0 Å².